The zero-order valence-corrected chi connectivity index (χ0v) is 18.7. The Kier molecular flexibility index (Phi) is 5.35. The number of Topliss-reactive ketones (excluding diaryl/α,β-unsaturated/α-hetero) is 1. The Morgan fingerprint density at radius 2 is 1.90 bits per heavy atom. The first-order chi connectivity index (χ1) is 13.7. The third-order valence-corrected chi connectivity index (χ3v) is 7.83. The molecule has 0 aliphatic heterocycles. The van der Waals surface area contributed by atoms with E-state index in [4.69, 9.17) is 21.1 Å². The molecule has 0 radical (unpaired) electrons. The average Bonchev–Trinajstić information content (AvgIpc) is 2.92. The molecule has 1 heterocycles. The van der Waals surface area contributed by atoms with Crippen LogP contribution in [0.15, 0.2) is 6.07 Å². The van der Waals surface area contributed by atoms with Crippen molar-refractivity contribution < 1.29 is 19.1 Å². The highest BCUT2D eigenvalue weighted by atomic mass is 35.5. The average molecular weight is 422 g/mol. The lowest BCUT2D eigenvalue weighted by Crippen LogP contribution is -2.56. The van der Waals surface area contributed by atoms with Gasteiger partial charge in [-0.1, -0.05) is 0 Å². The summed E-state index contributed by atoms with van der Waals surface area (Å²) in [6.07, 6.45) is 5.66. The highest BCUT2D eigenvalue weighted by molar-refractivity contribution is 6.24. The van der Waals surface area contributed by atoms with Crippen LogP contribution < -0.4 is 0 Å². The van der Waals surface area contributed by atoms with E-state index < -0.39 is 5.41 Å². The molecular weight excluding hydrogens is 390 g/mol. The molecule has 5 atom stereocenters. The molecule has 5 nitrogen and oxygen atoms in total. The van der Waals surface area contributed by atoms with Crippen molar-refractivity contribution in [3.8, 4) is 0 Å². The third-order valence-electron chi connectivity index (χ3n) is 7.39. The number of aromatic nitrogens is 1. The minimum atomic E-state index is -0.476. The monoisotopic (exact) mass is 421 g/mol. The summed E-state index contributed by atoms with van der Waals surface area (Å²) >= 11 is 6.83. The van der Waals surface area contributed by atoms with Gasteiger partial charge in [0.25, 0.3) is 0 Å². The quantitative estimate of drug-likeness (QED) is 0.366. The van der Waals surface area contributed by atoms with Gasteiger partial charge in [-0.15, -0.1) is 11.6 Å². The molecule has 4 aliphatic rings. The van der Waals surface area contributed by atoms with Gasteiger partial charge in [0.15, 0.2) is 6.61 Å². The maximum absolute atomic E-state index is 13.1. The van der Waals surface area contributed by atoms with Crippen molar-refractivity contribution >= 4 is 23.4 Å². The number of rotatable bonds is 7. The van der Waals surface area contributed by atoms with Crippen molar-refractivity contribution in [1.82, 2.24) is 4.57 Å². The molecule has 0 spiro atoms. The second-order valence-corrected chi connectivity index (χ2v) is 10.7. The summed E-state index contributed by atoms with van der Waals surface area (Å²) in [6.45, 7) is 6.35. The summed E-state index contributed by atoms with van der Waals surface area (Å²) in [5, 5.41) is 0. The number of hydrogen-bond acceptors (Lipinski definition) is 4. The standard InChI is InChI=1S/C23H32ClNO4/c1-14-5-19(16(3)25(14)15(2)11-28-4)20(26)12-29-21(27)22-7-17-6-18(8-22)10-23(24,9-17)13-22/h5,15,17-18H,6-13H2,1-4H3/t15-,17-,18+,22?,23?/m0/s1. The second-order valence-electron chi connectivity index (χ2n) is 9.85. The maximum Gasteiger partial charge on any atom is 0.312 e. The molecule has 4 saturated carbocycles. The molecule has 1 aromatic rings. The van der Waals surface area contributed by atoms with Gasteiger partial charge in [0.05, 0.1) is 18.1 Å². The SMILES string of the molecule is COC[C@H](C)n1c(C)cc(C(=O)COC(=O)C23C[C@@H]4C[C@@H](CC(Cl)(C4)C2)C3)c1C. The first-order valence-electron chi connectivity index (χ1n) is 10.7. The van der Waals surface area contributed by atoms with E-state index in [1.807, 2.05) is 19.9 Å². The van der Waals surface area contributed by atoms with E-state index in [-0.39, 0.29) is 29.3 Å². The molecule has 4 aliphatic carbocycles. The zero-order chi connectivity index (χ0) is 21.0. The normalized spacial score (nSPS) is 33.7. The second kappa shape index (κ2) is 7.42. The molecule has 0 aromatic carbocycles. The molecule has 4 bridgehead atoms. The molecule has 0 saturated heterocycles. The third kappa shape index (κ3) is 3.65. The Morgan fingerprint density at radius 1 is 1.24 bits per heavy atom. The Bertz CT molecular complexity index is 815. The van der Waals surface area contributed by atoms with Crippen LogP contribution in [0.1, 0.15) is 73.2 Å². The number of nitrogens with zero attached hydrogens (tertiary/aromatic N) is 1. The maximum atomic E-state index is 13.1. The number of carbonyl (C=O) groups excluding carboxylic acids is 2. The van der Waals surface area contributed by atoms with E-state index in [9.17, 15) is 9.59 Å². The molecule has 160 valence electrons. The van der Waals surface area contributed by atoms with E-state index >= 15 is 0 Å². The summed E-state index contributed by atoms with van der Waals surface area (Å²) in [4.78, 5) is 25.7. The Hall–Kier alpha value is -1.33. The smallest absolute Gasteiger partial charge is 0.312 e. The highest BCUT2D eigenvalue weighted by Gasteiger charge is 2.60. The van der Waals surface area contributed by atoms with Gasteiger partial charge >= 0.3 is 5.97 Å². The van der Waals surface area contributed by atoms with Gasteiger partial charge < -0.3 is 14.0 Å². The largest absolute Gasteiger partial charge is 0.457 e. The van der Waals surface area contributed by atoms with Crippen molar-refractivity contribution in [2.24, 2.45) is 17.3 Å². The molecule has 29 heavy (non-hydrogen) atoms. The Morgan fingerprint density at radius 3 is 2.48 bits per heavy atom. The van der Waals surface area contributed by atoms with Crippen LogP contribution in [0.25, 0.3) is 0 Å². The predicted octanol–water partition coefficient (Wildman–Crippen LogP) is 4.62. The van der Waals surface area contributed by atoms with Gasteiger partial charge in [0, 0.05) is 28.9 Å². The van der Waals surface area contributed by atoms with Crippen molar-refractivity contribution in [1.29, 1.82) is 0 Å². The number of esters is 1. The number of methoxy groups -OCH3 is 1. The van der Waals surface area contributed by atoms with Crippen LogP contribution in [-0.4, -0.2) is 41.5 Å². The van der Waals surface area contributed by atoms with E-state index in [1.165, 1.54) is 6.42 Å². The minimum absolute atomic E-state index is 0.135. The van der Waals surface area contributed by atoms with Crippen LogP contribution in [0, 0.1) is 31.1 Å². The molecule has 6 heteroatoms. The molecule has 0 N–H and O–H groups in total. The molecule has 0 amide bonds. The van der Waals surface area contributed by atoms with Gasteiger partial charge in [-0.2, -0.15) is 0 Å². The first-order valence-corrected chi connectivity index (χ1v) is 11.1. The zero-order valence-electron chi connectivity index (χ0n) is 17.9. The van der Waals surface area contributed by atoms with E-state index in [0.29, 0.717) is 30.4 Å². The fourth-order valence-corrected chi connectivity index (χ4v) is 7.50. The number of halogens is 1. The van der Waals surface area contributed by atoms with Crippen LogP contribution in [0.3, 0.4) is 0 Å². The number of carbonyl (C=O) groups is 2. The predicted molar refractivity (Wildman–Crippen MR) is 111 cm³/mol. The van der Waals surface area contributed by atoms with Gasteiger partial charge in [0.1, 0.15) is 0 Å². The lowest BCUT2D eigenvalue weighted by atomic mass is 9.49. The minimum Gasteiger partial charge on any atom is -0.457 e. The van der Waals surface area contributed by atoms with Crippen LogP contribution in [0.2, 0.25) is 0 Å². The summed E-state index contributed by atoms with van der Waals surface area (Å²) in [7, 11) is 1.67. The molecular formula is C23H32ClNO4. The lowest BCUT2D eigenvalue weighted by molar-refractivity contribution is -0.168. The van der Waals surface area contributed by atoms with Gasteiger partial charge in [-0.25, -0.2) is 0 Å². The van der Waals surface area contributed by atoms with E-state index in [2.05, 4.69) is 11.5 Å². The summed E-state index contributed by atoms with van der Waals surface area (Å²) in [5.74, 6) is 0.690. The first kappa shape index (κ1) is 20.9. The topological polar surface area (TPSA) is 57.5 Å². The summed E-state index contributed by atoms with van der Waals surface area (Å²) in [6, 6.07) is 2.02. The van der Waals surface area contributed by atoms with Gasteiger partial charge in [-0.05, 0) is 77.2 Å². The number of ketones is 1. The molecule has 4 fully saturated rings. The number of hydrogen-bond donors (Lipinski definition) is 0. The fraction of sp³-hybridized carbons (Fsp3) is 0.739. The van der Waals surface area contributed by atoms with Crippen molar-refractivity contribution in [2.75, 3.05) is 20.3 Å². The number of ether oxygens (including phenoxy) is 2. The van der Waals surface area contributed by atoms with Crippen LogP contribution in [0.4, 0.5) is 0 Å². The Balaban J connectivity index is 1.44. The Labute approximate surface area is 178 Å². The van der Waals surface area contributed by atoms with Crippen LogP contribution in [-0.2, 0) is 14.3 Å². The van der Waals surface area contributed by atoms with Crippen molar-refractivity contribution in [3.63, 3.8) is 0 Å². The summed E-state index contributed by atoms with van der Waals surface area (Å²) in [5.41, 5.74) is 2.04. The molecule has 2 unspecified atom stereocenters. The number of aryl methyl sites for hydroxylation is 1. The van der Waals surface area contributed by atoms with Crippen molar-refractivity contribution in [2.45, 2.75) is 70.2 Å². The highest BCUT2D eigenvalue weighted by Crippen LogP contribution is 2.64. The van der Waals surface area contributed by atoms with Crippen LogP contribution in [0.5, 0.6) is 0 Å². The van der Waals surface area contributed by atoms with Crippen molar-refractivity contribution in [3.05, 3.63) is 23.0 Å². The van der Waals surface area contributed by atoms with Gasteiger partial charge in [-0.3, -0.25) is 9.59 Å². The number of alkyl halides is 1. The van der Waals surface area contributed by atoms with E-state index in [0.717, 1.165) is 37.1 Å². The lowest BCUT2D eigenvalue weighted by Gasteiger charge is -2.58. The van der Waals surface area contributed by atoms with E-state index in [1.54, 1.807) is 7.11 Å². The summed E-state index contributed by atoms with van der Waals surface area (Å²) < 4.78 is 13.0. The van der Waals surface area contributed by atoms with Gasteiger partial charge in [0.2, 0.25) is 5.78 Å². The van der Waals surface area contributed by atoms with Crippen LogP contribution >= 0.6 is 11.6 Å². The fourth-order valence-electron chi connectivity index (χ4n) is 6.80. The molecule has 5 rings (SSSR count). The molecule has 1 aromatic heterocycles.